The molecule has 2 heterocycles. The number of hydrogen-bond donors (Lipinski definition) is 4. The van der Waals surface area contributed by atoms with Crippen LogP contribution in [0.1, 0.15) is 39.4 Å². The van der Waals surface area contributed by atoms with E-state index in [1.165, 1.54) is 6.07 Å². The molecule has 0 unspecified atom stereocenters. The molecule has 10 heteroatoms. The second-order valence-corrected chi connectivity index (χ2v) is 7.47. The maximum absolute atomic E-state index is 12.7. The minimum Gasteiger partial charge on any atom is -0.480 e. The van der Waals surface area contributed by atoms with Gasteiger partial charge in [-0.15, -0.1) is 0 Å². The fourth-order valence-corrected chi connectivity index (χ4v) is 3.59. The third-order valence-electron chi connectivity index (χ3n) is 4.64. The van der Waals surface area contributed by atoms with Crippen molar-refractivity contribution in [2.45, 2.75) is 19.8 Å². The minimum atomic E-state index is -1.13. The molecule has 1 saturated heterocycles. The van der Waals surface area contributed by atoms with E-state index in [2.05, 4.69) is 20.5 Å². The van der Waals surface area contributed by atoms with E-state index in [-0.39, 0.29) is 10.7 Å². The predicted molar refractivity (Wildman–Crippen MR) is 111 cm³/mol. The first-order valence-corrected chi connectivity index (χ1v) is 9.77. The SMILES string of the molecule is Cc1[nH]c(C(=O)Nc2ccc(C(=O)NCC(=O)O)cc2N2CCCC2)c(Cl)c1Cl. The minimum absolute atomic E-state index is 0.147. The van der Waals surface area contributed by atoms with Crippen LogP contribution in [0.3, 0.4) is 0 Å². The highest BCUT2D eigenvalue weighted by molar-refractivity contribution is 6.44. The molecule has 3 rings (SSSR count). The number of H-pyrrole nitrogens is 1. The Kier molecular flexibility index (Phi) is 6.34. The van der Waals surface area contributed by atoms with Crippen LogP contribution < -0.4 is 15.5 Å². The van der Waals surface area contributed by atoms with Crippen molar-refractivity contribution >= 4 is 52.4 Å². The summed E-state index contributed by atoms with van der Waals surface area (Å²) < 4.78 is 0. The number of amides is 2. The lowest BCUT2D eigenvalue weighted by Crippen LogP contribution is -2.29. The molecule has 1 aromatic carbocycles. The van der Waals surface area contributed by atoms with Gasteiger partial charge < -0.3 is 25.6 Å². The van der Waals surface area contributed by atoms with E-state index >= 15 is 0 Å². The van der Waals surface area contributed by atoms with Gasteiger partial charge in [0.25, 0.3) is 11.8 Å². The first-order valence-electron chi connectivity index (χ1n) is 9.02. The Balaban J connectivity index is 1.88. The summed E-state index contributed by atoms with van der Waals surface area (Å²) >= 11 is 12.2. The maximum Gasteiger partial charge on any atom is 0.322 e. The van der Waals surface area contributed by atoms with Crippen molar-refractivity contribution in [2.75, 3.05) is 29.9 Å². The number of aromatic nitrogens is 1. The van der Waals surface area contributed by atoms with Gasteiger partial charge in [0.15, 0.2) is 0 Å². The Bertz CT molecular complexity index is 967. The molecule has 0 spiro atoms. The van der Waals surface area contributed by atoms with Crippen LogP contribution >= 0.6 is 23.2 Å². The topological polar surface area (TPSA) is 115 Å². The number of aliphatic carboxylic acids is 1. The molecule has 8 nitrogen and oxygen atoms in total. The van der Waals surface area contributed by atoms with Crippen LogP contribution in [-0.4, -0.2) is 47.5 Å². The van der Waals surface area contributed by atoms with Crippen molar-refractivity contribution in [3.05, 3.63) is 45.2 Å². The average Bonchev–Trinajstić information content (AvgIpc) is 3.31. The Morgan fingerprint density at radius 3 is 2.41 bits per heavy atom. The van der Waals surface area contributed by atoms with Crippen LogP contribution in [-0.2, 0) is 4.79 Å². The van der Waals surface area contributed by atoms with E-state index in [0.717, 1.165) is 25.9 Å². The Morgan fingerprint density at radius 1 is 1.14 bits per heavy atom. The molecule has 1 aliphatic heterocycles. The molecule has 1 aliphatic rings. The monoisotopic (exact) mass is 438 g/mol. The summed E-state index contributed by atoms with van der Waals surface area (Å²) in [6, 6.07) is 4.79. The fraction of sp³-hybridized carbons (Fsp3) is 0.316. The number of nitrogens with zero attached hydrogens (tertiary/aromatic N) is 1. The molecule has 4 N–H and O–H groups in total. The summed E-state index contributed by atoms with van der Waals surface area (Å²) in [6.45, 7) is 2.82. The van der Waals surface area contributed by atoms with Gasteiger partial charge in [0.05, 0.1) is 21.4 Å². The molecule has 0 aliphatic carbocycles. The molecule has 0 bridgehead atoms. The van der Waals surface area contributed by atoms with Gasteiger partial charge in [0, 0.05) is 24.3 Å². The molecular weight excluding hydrogens is 419 g/mol. The number of anilines is 2. The zero-order valence-corrected chi connectivity index (χ0v) is 17.2. The van der Waals surface area contributed by atoms with E-state index < -0.39 is 24.3 Å². The third-order valence-corrected chi connectivity index (χ3v) is 5.58. The lowest BCUT2D eigenvalue weighted by Gasteiger charge is -2.22. The first kappa shape index (κ1) is 21.0. The lowest BCUT2D eigenvalue weighted by atomic mass is 10.1. The number of aryl methyl sites for hydroxylation is 1. The van der Waals surface area contributed by atoms with Crippen LogP contribution in [0.2, 0.25) is 10.0 Å². The van der Waals surface area contributed by atoms with Gasteiger partial charge in [-0.3, -0.25) is 14.4 Å². The molecule has 1 fully saturated rings. The number of carbonyl (C=O) groups excluding carboxylic acids is 2. The van der Waals surface area contributed by atoms with Crippen molar-refractivity contribution in [2.24, 2.45) is 0 Å². The van der Waals surface area contributed by atoms with E-state index in [1.54, 1.807) is 19.1 Å². The number of carboxylic acid groups (broad SMARTS) is 1. The number of carboxylic acids is 1. The van der Waals surface area contributed by atoms with Gasteiger partial charge in [-0.25, -0.2) is 0 Å². The van der Waals surface area contributed by atoms with Gasteiger partial charge in [-0.05, 0) is 38.0 Å². The number of hydrogen-bond acceptors (Lipinski definition) is 4. The molecule has 2 amide bonds. The van der Waals surface area contributed by atoms with Gasteiger partial charge in [-0.2, -0.15) is 0 Å². The molecule has 0 radical (unpaired) electrons. The number of aromatic amines is 1. The Morgan fingerprint density at radius 2 is 1.83 bits per heavy atom. The summed E-state index contributed by atoms with van der Waals surface area (Å²) in [7, 11) is 0. The number of nitrogens with one attached hydrogen (secondary N) is 3. The molecule has 154 valence electrons. The highest BCUT2D eigenvalue weighted by Gasteiger charge is 2.22. The van der Waals surface area contributed by atoms with Crippen molar-refractivity contribution < 1.29 is 19.5 Å². The summed E-state index contributed by atoms with van der Waals surface area (Å²) in [5, 5.41) is 14.3. The van der Waals surface area contributed by atoms with Crippen molar-refractivity contribution in [1.29, 1.82) is 0 Å². The normalized spacial score (nSPS) is 13.4. The van der Waals surface area contributed by atoms with Gasteiger partial charge in [0.1, 0.15) is 12.2 Å². The number of benzene rings is 1. The van der Waals surface area contributed by atoms with Gasteiger partial charge >= 0.3 is 5.97 Å². The molecule has 2 aromatic rings. The third kappa shape index (κ3) is 4.65. The van der Waals surface area contributed by atoms with Crippen LogP contribution in [0.5, 0.6) is 0 Å². The molecular formula is C19H20Cl2N4O4. The maximum atomic E-state index is 12.7. The summed E-state index contributed by atoms with van der Waals surface area (Å²) in [4.78, 5) is 40.6. The summed E-state index contributed by atoms with van der Waals surface area (Å²) in [5.41, 5.74) is 2.26. The highest BCUT2D eigenvalue weighted by Crippen LogP contribution is 2.33. The summed E-state index contributed by atoms with van der Waals surface area (Å²) in [6.07, 6.45) is 2.00. The van der Waals surface area contributed by atoms with E-state index in [0.29, 0.717) is 27.7 Å². The number of carbonyl (C=O) groups is 3. The van der Waals surface area contributed by atoms with Gasteiger partial charge in [0.2, 0.25) is 0 Å². The molecule has 1 aromatic heterocycles. The fourth-order valence-electron chi connectivity index (χ4n) is 3.17. The smallest absolute Gasteiger partial charge is 0.322 e. The van der Waals surface area contributed by atoms with E-state index in [9.17, 15) is 14.4 Å². The zero-order chi connectivity index (χ0) is 21.1. The average molecular weight is 439 g/mol. The largest absolute Gasteiger partial charge is 0.480 e. The van der Waals surface area contributed by atoms with E-state index in [1.807, 2.05) is 0 Å². The number of halogens is 2. The Labute approximate surface area is 177 Å². The van der Waals surface area contributed by atoms with Crippen molar-refractivity contribution in [1.82, 2.24) is 10.3 Å². The number of rotatable bonds is 6. The second-order valence-electron chi connectivity index (χ2n) is 6.71. The molecule has 0 saturated carbocycles. The van der Waals surface area contributed by atoms with Crippen LogP contribution in [0.4, 0.5) is 11.4 Å². The van der Waals surface area contributed by atoms with Crippen molar-refractivity contribution in [3.63, 3.8) is 0 Å². The van der Waals surface area contributed by atoms with Crippen molar-refractivity contribution in [3.8, 4) is 0 Å². The lowest BCUT2D eigenvalue weighted by molar-refractivity contribution is -0.135. The predicted octanol–water partition coefficient (Wildman–Crippen LogP) is 3.30. The first-order chi connectivity index (χ1) is 13.8. The van der Waals surface area contributed by atoms with Crippen LogP contribution in [0, 0.1) is 6.92 Å². The highest BCUT2D eigenvalue weighted by atomic mass is 35.5. The molecule has 0 atom stereocenters. The molecule has 29 heavy (non-hydrogen) atoms. The Hall–Kier alpha value is -2.71. The second kappa shape index (κ2) is 8.75. The quantitative estimate of drug-likeness (QED) is 0.552. The summed E-state index contributed by atoms with van der Waals surface area (Å²) in [5.74, 6) is -2.08. The van der Waals surface area contributed by atoms with Crippen LogP contribution in [0.25, 0.3) is 0 Å². The standard InChI is InChI=1S/C19H20Cl2N4O4/c1-10-15(20)16(21)17(23-10)19(29)24-12-5-4-11(18(28)22-9-14(26)27)8-13(12)25-6-2-3-7-25/h4-5,8,23H,2-3,6-7,9H2,1H3,(H,22,28)(H,24,29)(H,26,27). The van der Waals surface area contributed by atoms with Crippen LogP contribution in [0.15, 0.2) is 18.2 Å². The van der Waals surface area contributed by atoms with Gasteiger partial charge in [-0.1, -0.05) is 23.2 Å². The van der Waals surface area contributed by atoms with E-state index in [4.69, 9.17) is 28.3 Å². The zero-order valence-electron chi connectivity index (χ0n) is 15.6.